The molecule has 0 aliphatic heterocycles. The highest BCUT2D eigenvalue weighted by Crippen LogP contribution is 2.03. The van der Waals surface area contributed by atoms with Crippen LogP contribution < -0.4 is 0 Å². The molecule has 2 heterocycles. The number of halogens is 3. The Kier molecular flexibility index (Phi) is 7.45. The van der Waals surface area contributed by atoms with Crippen molar-refractivity contribution in [3.63, 3.8) is 0 Å². The van der Waals surface area contributed by atoms with Crippen molar-refractivity contribution in [2.24, 2.45) is 0 Å². The van der Waals surface area contributed by atoms with Crippen LogP contribution in [0.5, 0.6) is 0 Å². The van der Waals surface area contributed by atoms with E-state index in [9.17, 15) is 13.6 Å². The van der Waals surface area contributed by atoms with Crippen molar-refractivity contribution < 1.29 is 18.3 Å². The Morgan fingerprint density at radius 2 is 1.76 bits per heavy atom. The summed E-state index contributed by atoms with van der Waals surface area (Å²) in [5.41, 5.74) is 0.514. The van der Waals surface area contributed by atoms with Crippen LogP contribution in [-0.2, 0) is 16.0 Å². The minimum absolute atomic E-state index is 0.0914. The van der Waals surface area contributed by atoms with Crippen LogP contribution in [0.25, 0.3) is 0 Å². The lowest BCUT2D eigenvalue weighted by Gasteiger charge is -2.00. The summed E-state index contributed by atoms with van der Waals surface area (Å²) in [6, 6.07) is 5.63. The molecule has 0 spiro atoms. The number of hydrogen-bond donors (Lipinski definition) is 0. The molecule has 0 aliphatic rings. The highest BCUT2D eigenvalue weighted by Gasteiger charge is 2.04. The molecule has 112 valence electrons. The lowest BCUT2D eigenvalue weighted by Crippen LogP contribution is -2.08. The molecule has 0 N–H and O–H groups in total. The number of hydrogen-bond acceptors (Lipinski definition) is 4. The van der Waals surface area contributed by atoms with Gasteiger partial charge in [0.1, 0.15) is 16.2 Å². The molecule has 21 heavy (non-hydrogen) atoms. The van der Waals surface area contributed by atoms with E-state index < -0.39 is 5.82 Å². The molecule has 0 aliphatic carbocycles. The molecule has 0 saturated heterocycles. The van der Waals surface area contributed by atoms with Crippen molar-refractivity contribution in [1.82, 2.24) is 9.97 Å². The maximum Gasteiger partial charge on any atom is 0.311 e. The quantitative estimate of drug-likeness (QED) is 0.623. The average molecular weight is 359 g/mol. The summed E-state index contributed by atoms with van der Waals surface area (Å²) in [6.45, 7) is 2.08. The van der Waals surface area contributed by atoms with E-state index in [1.165, 1.54) is 18.2 Å². The highest BCUT2D eigenvalue weighted by molar-refractivity contribution is 9.10. The van der Waals surface area contributed by atoms with Gasteiger partial charge in [0, 0.05) is 0 Å². The van der Waals surface area contributed by atoms with Crippen molar-refractivity contribution in [2.45, 2.75) is 13.3 Å². The van der Waals surface area contributed by atoms with Gasteiger partial charge in [0.05, 0.1) is 31.1 Å². The second-order valence-electron chi connectivity index (χ2n) is 3.75. The number of pyridine rings is 2. The molecule has 0 atom stereocenters. The van der Waals surface area contributed by atoms with Gasteiger partial charge in [-0.2, -0.15) is 0 Å². The first-order valence-electron chi connectivity index (χ1n) is 6.04. The van der Waals surface area contributed by atoms with E-state index in [4.69, 9.17) is 4.74 Å². The summed E-state index contributed by atoms with van der Waals surface area (Å²) in [5, 5.41) is 0. The SMILES string of the molecule is CCOC(=O)Cc1ccc(F)cn1.Fc1ccc(Br)nc1. The molecular formula is C14H13BrF2N2O2. The molecular weight excluding hydrogens is 346 g/mol. The minimum atomic E-state index is -0.410. The molecule has 2 aromatic heterocycles. The summed E-state index contributed by atoms with van der Waals surface area (Å²) >= 11 is 3.07. The first-order valence-corrected chi connectivity index (χ1v) is 6.83. The summed E-state index contributed by atoms with van der Waals surface area (Å²) in [6.07, 6.45) is 2.33. The van der Waals surface area contributed by atoms with Crippen LogP contribution in [0, 0.1) is 11.6 Å². The summed E-state index contributed by atoms with van der Waals surface area (Å²) in [7, 11) is 0. The van der Waals surface area contributed by atoms with Gasteiger partial charge in [-0.15, -0.1) is 0 Å². The largest absolute Gasteiger partial charge is 0.466 e. The number of carbonyl (C=O) groups excluding carboxylic acids is 1. The zero-order chi connectivity index (χ0) is 15.7. The minimum Gasteiger partial charge on any atom is -0.466 e. The van der Waals surface area contributed by atoms with Crippen LogP contribution in [0.3, 0.4) is 0 Å². The van der Waals surface area contributed by atoms with Gasteiger partial charge in [-0.3, -0.25) is 9.78 Å². The second-order valence-corrected chi connectivity index (χ2v) is 4.56. The standard InChI is InChI=1S/C9H10FNO2.C5H3BrFN/c1-2-13-9(12)5-8-4-3-7(10)6-11-8;6-5-2-1-4(7)3-8-5/h3-4,6H,2,5H2,1H3;1-3H. The number of aromatic nitrogens is 2. The monoisotopic (exact) mass is 358 g/mol. The zero-order valence-electron chi connectivity index (χ0n) is 11.2. The summed E-state index contributed by atoms with van der Waals surface area (Å²) < 4.78 is 29.8. The van der Waals surface area contributed by atoms with E-state index in [1.807, 2.05) is 0 Å². The van der Waals surface area contributed by atoms with Gasteiger partial charge in [0.2, 0.25) is 0 Å². The Balaban J connectivity index is 0.000000235. The molecule has 4 nitrogen and oxygen atoms in total. The zero-order valence-corrected chi connectivity index (χ0v) is 12.8. The van der Waals surface area contributed by atoms with Crippen LogP contribution >= 0.6 is 15.9 Å². The molecule has 0 amide bonds. The highest BCUT2D eigenvalue weighted by atomic mass is 79.9. The van der Waals surface area contributed by atoms with Crippen molar-refractivity contribution in [2.75, 3.05) is 6.61 Å². The number of rotatable bonds is 3. The van der Waals surface area contributed by atoms with Crippen LogP contribution in [0.2, 0.25) is 0 Å². The van der Waals surface area contributed by atoms with Crippen LogP contribution in [0.15, 0.2) is 41.3 Å². The molecule has 0 aromatic carbocycles. The third kappa shape index (κ3) is 7.45. The normalized spacial score (nSPS) is 9.52. The molecule has 0 saturated carbocycles. The predicted molar refractivity (Wildman–Crippen MR) is 76.4 cm³/mol. The second kappa shape index (κ2) is 9.12. The lowest BCUT2D eigenvalue weighted by atomic mass is 10.3. The van der Waals surface area contributed by atoms with Gasteiger partial charge in [-0.05, 0) is 47.1 Å². The van der Waals surface area contributed by atoms with Gasteiger partial charge in [-0.1, -0.05) is 0 Å². The molecule has 2 aromatic rings. The van der Waals surface area contributed by atoms with Crippen molar-refractivity contribution in [3.8, 4) is 0 Å². The fourth-order valence-corrected chi connectivity index (χ4v) is 1.46. The third-order valence-electron chi connectivity index (χ3n) is 2.11. The van der Waals surface area contributed by atoms with Crippen LogP contribution in [0.1, 0.15) is 12.6 Å². The van der Waals surface area contributed by atoms with E-state index in [1.54, 1.807) is 13.0 Å². The Morgan fingerprint density at radius 1 is 1.14 bits per heavy atom. The predicted octanol–water partition coefficient (Wildman–Crippen LogP) is 3.31. The number of nitrogens with zero attached hydrogens (tertiary/aromatic N) is 2. The maximum atomic E-state index is 12.4. The maximum absolute atomic E-state index is 12.4. The Morgan fingerprint density at radius 3 is 2.19 bits per heavy atom. The van der Waals surface area contributed by atoms with Gasteiger partial charge < -0.3 is 4.74 Å². The van der Waals surface area contributed by atoms with Crippen molar-refractivity contribution in [3.05, 3.63) is 58.6 Å². The average Bonchev–Trinajstić information content (AvgIpc) is 2.46. The van der Waals surface area contributed by atoms with Crippen LogP contribution in [-0.4, -0.2) is 22.5 Å². The smallest absolute Gasteiger partial charge is 0.311 e. The molecule has 0 unspecified atom stereocenters. The molecule has 7 heteroatoms. The molecule has 0 bridgehead atoms. The summed E-state index contributed by atoms with van der Waals surface area (Å²) in [4.78, 5) is 18.3. The van der Waals surface area contributed by atoms with Crippen molar-refractivity contribution in [1.29, 1.82) is 0 Å². The van der Waals surface area contributed by atoms with Gasteiger partial charge in [0.25, 0.3) is 0 Å². The molecule has 0 radical (unpaired) electrons. The van der Waals surface area contributed by atoms with E-state index in [0.717, 1.165) is 12.4 Å². The third-order valence-corrected chi connectivity index (χ3v) is 2.58. The Labute approximate surface area is 129 Å². The van der Waals surface area contributed by atoms with E-state index in [-0.39, 0.29) is 18.2 Å². The Bertz CT molecular complexity index is 541. The first-order chi connectivity index (χ1) is 10.0. The van der Waals surface area contributed by atoms with Crippen molar-refractivity contribution >= 4 is 21.9 Å². The fourth-order valence-electron chi connectivity index (χ4n) is 1.23. The van der Waals surface area contributed by atoms with E-state index >= 15 is 0 Å². The van der Waals surface area contributed by atoms with E-state index in [2.05, 4.69) is 25.9 Å². The van der Waals surface area contributed by atoms with E-state index in [0.29, 0.717) is 16.9 Å². The van der Waals surface area contributed by atoms with Gasteiger partial charge in [0.15, 0.2) is 0 Å². The summed E-state index contributed by atoms with van der Waals surface area (Å²) in [5.74, 6) is -1.07. The molecule has 2 rings (SSSR count). The Hall–Kier alpha value is -1.89. The van der Waals surface area contributed by atoms with Gasteiger partial charge >= 0.3 is 5.97 Å². The number of ether oxygens (including phenoxy) is 1. The number of carbonyl (C=O) groups is 1. The topological polar surface area (TPSA) is 52.1 Å². The number of esters is 1. The van der Waals surface area contributed by atoms with Gasteiger partial charge in [-0.25, -0.2) is 13.8 Å². The fraction of sp³-hybridized carbons (Fsp3) is 0.214. The van der Waals surface area contributed by atoms with Crippen LogP contribution in [0.4, 0.5) is 8.78 Å². The lowest BCUT2D eigenvalue weighted by molar-refractivity contribution is -0.142. The first kappa shape index (κ1) is 17.2. The molecule has 0 fully saturated rings.